The van der Waals surface area contributed by atoms with Crippen molar-refractivity contribution in [3.05, 3.63) is 72.3 Å². The molecule has 3 aromatic rings. The third-order valence-electron chi connectivity index (χ3n) is 4.38. The molecule has 0 radical (unpaired) electrons. The molecule has 0 spiro atoms. The summed E-state index contributed by atoms with van der Waals surface area (Å²) in [5.41, 5.74) is 1.05. The molecule has 1 atom stereocenters. The highest BCUT2D eigenvalue weighted by atomic mass is 16.5. The van der Waals surface area contributed by atoms with Crippen LogP contribution in [0.25, 0.3) is 0 Å². The third-order valence-corrected chi connectivity index (χ3v) is 4.38. The van der Waals surface area contributed by atoms with Crippen LogP contribution in [0.1, 0.15) is 12.5 Å². The average Bonchev–Trinajstić information content (AvgIpc) is 2.80. The number of nitrogens with zero attached hydrogens (tertiary/aromatic N) is 1. The highest BCUT2D eigenvalue weighted by molar-refractivity contribution is 5.94. The van der Waals surface area contributed by atoms with Gasteiger partial charge in [0.2, 0.25) is 0 Å². The number of carbonyl (C=O) groups excluding carboxylic acids is 1. The zero-order valence-electron chi connectivity index (χ0n) is 17.4. The van der Waals surface area contributed by atoms with Gasteiger partial charge in [-0.05, 0) is 67.6 Å². The van der Waals surface area contributed by atoms with E-state index in [1.54, 1.807) is 87.9 Å². The Morgan fingerprint density at radius 2 is 1.52 bits per heavy atom. The molecule has 7 nitrogen and oxygen atoms in total. The number of nitriles is 1. The minimum Gasteiger partial charge on any atom is -0.497 e. The SMILES string of the molecule is COc1ccc(Oc2cc(NC(=O)[C@H](C)Oc3ccc(C#N)cc3)ccc2OC)cc1. The van der Waals surface area contributed by atoms with Crippen LogP contribution in [-0.4, -0.2) is 26.2 Å². The van der Waals surface area contributed by atoms with Gasteiger partial charge >= 0.3 is 0 Å². The first kappa shape index (κ1) is 21.5. The quantitative estimate of drug-likeness (QED) is 0.567. The van der Waals surface area contributed by atoms with Gasteiger partial charge in [0.15, 0.2) is 17.6 Å². The molecule has 0 aliphatic carbocycles. The molecule has 0 bridgehead atoms. The molecule has 1 N–H and O–H groups in total. The summed E-state index contributed by atoms with van der Waals surface area (Å²) in [6.07, 6.45) is -0.749. The molecule has 7 heteroatoms. The molecule has 0 saturated carbocycles. The summed E-state index contributed by atoms with van der Waals surface area (Å²) in [5, 5.41) is 11.7. The van der Waals surface area contributed by atoms with Crippen LogP contribution in [0.2, 0.25) is 0 Å². The van der Waals surface area contributed by atoms with Crippen molar-refractivity contribution in [2.45, 2.75) is 13.0 Å². The number of anilines is 1. The van der Waals surface area contributed by atoms with Crippen LogP contribution in [0.4, 0.5) is 5.69 Å². The van der Waals surface area contributed by atoms with Crippen molar-refractivity contribution in [2.24, 2.45) is 0 Å². The van der Waals surface area contributed by atoms with Crippen LogP contribution in [0, 0.1) is 11.3 Å². The molecular weight excluding hydrogens is 396 g/mol. The van der Waals surface area contributed by atoms with Gasteiger partial charge < -0.3 is 24.3 Å². The number of hydrogen-bond acceptors (Lipinski definition) is 6. The van der Waals surface area contributed by atoms with Gasteiger partial charge in [0, 0.05) is 11.8 Å². The monoisotopic (exact) mass is 418 g/mol. The van der Waals surface area contributed by atoms with E-state index in [2.05, 4.69) is 5.32 Å². The highest BCUT2D eigenvalue weighted by Crippen LogP contribution is 2.34. The topological polar surface area (TPSA) is 89.8 Å². The zero-order valence-corrected chi connectivity index (χ0v) is 17.4. The molecule has 1 amide bonds. The molecule has 0 aliphatic heterocycles. The summed E-state index contributed by atoms with van der Waals surface area (Å²) in [5.74, 6) is 2.46. The summed E-state index contributed by atoms with van der Waals surface area (Å²) < 4.78 is 22.1. The lowest BCUT2D eigenvalue weighted by atomic mass is 10.2. The van der Waals surface area contributed by atoms with Gasteiger partial charge in [0.1, 0.15) is 17.2 Å². The van der Waals surface area contributed by atoms with Crippen molar-refractivity contribution in [1.29, 1.82) is 5.26 Å². The molecule has 3 rings (SSSR count). The van der Waals surface area contributed by atoms with Gasteiger partial charge in [-0.15, -0.1) is 0 Å². The van der Waals surface area contributed by atoms with Crippen LogP contribution < -0.4 is 24.3 Å². The van der Waals surface area contributed by atoms with Crippen LogP contribution in [0.3, 0.4) is 0 Å². The van der Waals surface area contributed by atoms with Gasteiger partial charge in [-0.1, -0.05) is 0 Å². The second-order valence-electron chi connectivity index (χ2n) is 6.53. The maximum atomic E-state index is 12.6. The summed E-state index contributed by atoms with van der Waals surface area (Å²) >= 11 is 0. The van der Waals surface area contributed by atoms with E-state index in [0.29, 0.717) is 34.2 Å². The lowest BCUT2D eigenvalue weighted by molar-refractivity contribution is -0.122. The summed E-state index contributed by atoms with van der Waals surface area (Å²) in [6, 6.07) is 20.8. The van der Waals surface area contributed by atoms with E-state index < -0.39 is 6.10 Å². The van der Waals surface area contributed by atoms with E-state index in [0.717, 1.165) is 5.75 Å². The second kappa shape index (κ2) is 10.0. The number of nitrogens with one attached hydrogen (secondary N) is 1. The van der Waals surface area contributed by atoms with Gasteiger partial charge in [-0.2, -0.15) is 5.26 Å². The van der Waals surface area contributed by atoms with E-state index in [9.17, 15) is 4.79 Å². The minimum absolute atomic E-state index is 0.329. The Labute approximate surface area is 180 Å². The van der Waals surface area contributed by atoms with Crippen molar-refractivity contribution in [2.75, 3.05) is 19.5 Å². The molecule has 158 valence electrons. The first-order valence-corrected chi connectivity index (χ1v) is 9.50. The van der Waals surface area contributed by atoms with E-state index in [-0.39, 0.29) is 5.91 Å². The maximum Gasteiger partial charge on any atom is 0.265 e. The number of amides is 1. The first-order valence-electron chi connectivity index (χ1n) is 9.50. The molecule has 0 saturated heterocycles. The van der Waals surface area contributed by atoms with Crippen molar-refractivity contribution in [3.63, 3.8) is 0 Å². The first-order chi connectivity index (χ1) is 15.0. The number of methoxy groups -OCH3 is 2. The van der Waals surface area contributed by atoms with Crippen LogP contribution in [-0.2, 0) is 4.79 Å². The lowest BCUT2D eigenvalue weighted by Crippen LogP contribution is -2.30. The lowest BCUT2D eigenvalue weighted by Gasteiger charge is -2.16. The van der Waals surface area contributed by atoms with Crippen LogP contribution in [0.5, 0.6) is 28.7 Å². The molecule has 31 heavy (non-hydrogen) atoms. The molecule has 3 aromatic carbocycles. The van der Waals surface area contributed by atoms with Crippen LogP contribution >= 0.6 is 0 Å². The van der Waals surface area contributed by atoms with Crippen molar-refractivity contribution in [3.8, 4) is 34.8 Å². The zero-order chi connectivity index (χ0) is 22.2. The fourth-order valence-corrected chi connectivity index (χ4v) is 2.71. The van der Waals surface area contributed by atoms with Crippen molar-refractivity contribution < 1.29 is 23.7 Å². The van der Waals surface area contributed by atoms with E-state index in [1.807, 2.05) is 6.07 Å². The second-order valence-corrected chi connectivity index (χ2v) is 6.53. The van der Waals surface area contributed by atoms with E-state index in [1.165, 1.54) is 0 Å². The molecule has 0 fully saturated rings. The summed E-state index contributed by atoms with van der Waals surface area (Å²) in [6.45, 7) is 1.64. The normalized spacial score (nSPS) is 11.0. The fraction of sp³-hybridized carbons (Fsp3) is 0.167. The van der Waals surface area contributed by atoms with Crippen molar-refractivity contribution >= 4 is 11.6 Å². The Morgan fingerprint density at radius 3 is 2.13 bits per heavy atom. The highest BCUT2D eigenvalue weighted by Gasteiger charge is 2.16. The molecule has 0 heterocycles. The minimum atomic E-state index is -0.749. The molecule has 0 aliphatic rings. The smallest absolute Gasteiger partial charge is 0.265 e. The van der Waals surface area contributed by atoms with Gasteiger partial charge in [0.25, 0.3) is 5.91 Å². The van der Waals surface area contributed by atoms with Gasteiger partial charge in [0.05, 0.1) is 25.9 Å². The molecule has 0 unspecified atom stereocenters. The Kier molecular flexibility index (Phi) is 6.97. The number of hydrogen-bond donors (Lipinski definition) is 1. The maximum absolute atomic E-state index is 12.6. The third kappa shape index (κ3) is 5.67. The average molecular weight is 418 g/mol. The molecule has 0 aromatic heterocycles. The Hall–Kier alpha value is -4.18. The van der Waals surface area contributed by atoms with Gasteiger partial charge in [-0.3, -0.25) is 4.79 Å². The van der Waals surface area contributed by atoms with Gasteiger partial charge in [-0.25, -0.2) is 0 Å². The Balaban J connectivity index is 1.69. The Morgan fingerprint density at radius 1 is 0.871 bits per heavy atom. The van der Waals surface area contributed by atoms with Crippen molar-refractivity contribution in [1.82, 2.24) is 0 Å². The standard InChI is InChI=1S/C24H22N2O5/c1-16(30-20-7-4-17(15-25)5-8-20)24(27)26-18-6-13-22(29-3)23(14-18)31-21-11-9-19(28-2)10-12-21/h4-14,16H,1-3H3,(H,26,27)/t16-/m0/s1. The predicted molar refractivity (Wildman–Crippen MR) is 116 cm³/mol. The summed E-state index contributed by atoms with van der Waals surface area (Å²) in [7, 11) is 3.14. The number of benzene rings is 3. The largest absolute Gasteiger partial charge is 0.497 e. The fourth-order valence-electron chi connectivity index (χ4n) is 2.71. The summed E-state index contributed by atoms with van der Waals surface area (Å²) in [4.78, 5) is 12.6. The van der Waals surface area contributed by atoms with Crippen LogP contribution in [0.15, 0.2) is 66.7 Å². The Bertz CT molecular complexity index is 1070. The van der Waals surface area contributed by atoms with E-state index in [4.69, 9.17) is 24.2 Å². The number of carbonyl (C=O) groups is 1. The number of rotatable bonds is 8. The van der Waals surface area contributed by atoms with E-state index >= 15 is 0 Å². The number of ether oxygens (including phenoxy) is 4. The molecular formula is C24H22N2O5. The predicted octanol–water partition coefficient (Wildman–Crippen LogP) is 4.77.